The van der Waals surface area contributed by atoms with Gasteiger partial charge in [0.15, 0.2) is 0 Å². The fourth-order valence-corrected chi connectivity index (χ4v) is 3.51. The highest BCUT2D eigenvalue weighted by molar-refractivity contribution is 6.30. The van der Waals surface area contributed by atoms with Crippen molar-refractivity contribution in [2.24, 2.45) is 5.92 Å². The van der Waals surface area contributed by atoms with E-state index >= 15 is 0 Å². The number of nitrogens with one attached hydrogen (secondary N) is 1. The lowest BCUT2D eigenvalue weighted by atomic mass is 9.99. The van der Waals surface area contributed by atoms with Gasteiger partial charge in [-0.25, -0.2) is 0 Å². The number of hydrogen-bond acceptors (Lipinski definition) is 7. The number of aliphatic hydroxyl groups is 1. The molecule has 1 aromatic heterocycles. The average molecular weight is 421 g/mol. The maximum absolute atomic E-state index is 11.0. The van der Waals surface area contributed by atoms with Crippen molar-refractivity contribution >= 4 is 29.5 Å². The number of aromatic nitrogens is 2. The molecule has 7 nitrogen and oxygen atoms in total. The van der Waals surface area contributed by atoms with E-state index in [1.807, 2.05) is 18.2 Å². The molecule has 1 aliphatic heterocycles. The van der Waals surface area contributed by atoms with Crippen LogP contribution in [-0.4, -0.2) is 55.2 Å². The van der Waals surface area contributed by atoms with Gasteiger partial charge >= 0.3 is 6.01 Å². The molecule has 1 aliphatic rings. The summed E-state index contributed by atoms with van der Waals surface area (Å²) in [6, 6.07) is 8.24. The molecule has 0 radical (unpaired) electrons. The number of carbonyl (C=O) groups is 1. The monoisotopic (exact) mass is 420 g/mol. The number of nitrogens with zero attached hydrogens (tertiary/aromatic N) is 3. The Morgan fingerprint density at radius 3 is 2.62 bits per heavy atom. The van der Waals surface area contributed by atoms with Gasteiger partial charge in [0, 0.05) is 43.8 Å². The van der Waals surface area contributed by atoms with Crippen LogP contribution < -0.4 is 15.0 Å². The Morgan fingerprint density at radius 1 is 1.28 bits per heavy atom. The fourth-order valence-electron chi connectivity index (χ4n) is 3.29. The predicted molar refractivity (Wildman–Crippen MR) is 116 cm³/mol. The molecule has 0 unspecified atom stereocenters. The Morgan fingerprint density at radius 2 is 2.00 bits per heavy atom. The van der Waals surface area contributed by atoms with Crippen LogP contribution in [0.5, 0.6) is 6.01 Å². The number of rotatable bonds is 7. The number of aldehydes is 1. The number of carbonyl (C=O) groups excluding carboxylic acids is 1. The number of benzene rings is 1. The molecule has 2 N–H and O–H groups in total. The first kappa shape index (κ1) is 22.9. The average Bonchev–Trinajstić information content (AvgIpc) is 2.76. The molecular weight excluding hydrogens is 392 g/mol. The zero-order chi connectivity index (χ0) is 21.2. The van der Waals surface area contributed by atoms with Crippen LogP contribution in [0.25, 0.3) is 0 Å². The Hall–Kier alpha value is -2.38. The summed E-state index contributed by atoms with van der Waals surface area (Å²) in [6.45, 7) is 4.44. The summed E-state index contributed by atoms with van der Waals surface area (Å²) in [5.41, 5.74) is 2.44. The summed E-state index contributed by atoms with van der Waals surface area (Å²) in [7, 11) is 2.57. The molecule has 1 saturated heterocycles. The van der Waals surface area contributed by atoms with Crippen LogP contribution in [0.15, 0.2) is 24.3 Å². The second-order valence-electron chi connectivity index (χ2n) is 6.81. The van der Waals surface area contributed by atoms with E-state index in [-0.39, 0.29) is 5.92 Å². The van der Waals surface area contributed by atoms with Crippen LogP contribution in [0.4, 0.5) is 11.6 Å². The largest absolute Gasteiger partial charge is 0.467 e. The van der Waals surface area contributed by atoms with Crippen molar-refractivity contribution in [2.75, 3.05) is 44.1 Å². The molecule has 2 heterocycles. The van der Waals surface area contributed by atoms with Crippen molar-refractivity contribution < 1.29 is 14.6 Å². The summed E-state index contributed by atoms with van der Waals surface area (Å²) in [6.07, 6.45) is 3.64. The Kier molecular flexibility index (Phi) is 9.15. The van der Waals surface area contributed by atoms with Crippen molar-refractivity contribution in [2.45, 2.75) is 26.2 Å². The van der Waals surface area contributed by atoms with Gasteiger partial charge in [0.1, 0.15) is 17.9 Å². The molecule has 3 rings (SSSR count). The normalized spacial score (nSPS) is 14.0. The van der Waals surface area contributed by atoms with Gasteiger partial charge in [-0.1, -0.05) is 17.7 Å². The zero-order valence-corrected chi connectivity index (χ0v) is 17.9. The minimum atomic E-state index is 0.158. The molecule has 0 aliphatic carbocycles. The van der Waals surface area contributed by atoms with E-state index in [1.165, 1.54) is 11.1 Å². The van der Waals surface area contributed by atoms with Gasteiger partial charge in [0.2, 0.25) is 0 Å². The van der Waals surface area contributed by atoms with Crippen LogP contribution in [0, 0.1) is 12.8 Å². The van der Waals surface area contributed by atoms with Gasteiger partial charge in [-0.05, 0) is 49.4 Å². The van der Waals surface area contributed by atoms with E-state index in [1.54, 1.807) is 7.11 Å². The molecule has 0 atom stereocenters. The van der Waals surface area contributed by atoms with Crippen LogP contribution in [0.3, 0.4) is 0 Å². The summed E-state index contributed by atoms with van der Waals surface area (Å²) >= 11 is 6.02. The lowest BCUT2D eigenvalue weighted by Crippen LogP contribution is -2.34. The Balaban J connectivity index is 0.00000145. The third-order valence-electron chi connectivity index (χ3n) is 4.94. The van der Waals surface area contributed by atoms with Gasteiger partial charge in [-0.2, -0.15) is 9.97 Å². The first-order valence-corrected chi connectivity index (χ1v) is 10.0. The minimum absolute atomic E-state index is 0.158. The lowest BCUT2D eigenvalue weighted by molar-refractivity contribution is -0.111. The molecule has 29 heavy (non-hydrogen) atoms. The van der Waals surface area contributed by atoms with Gasteiger partial charge in [-0.3, -0.25) is 0 Å². The predicted octanol–water partition coefficient (Wildman–Crippen LogP) is 3.13. The van der Waals surface area contributed by atoms with Crippen molar-refractivity contribution in [1.29, 1.82) is 0 Å². The molecule has 158 valence electrons. The van der Waals surface area contributed by atoms with Gasteiger partial charge in [0.05, 0.1) is 7.11 Å². The molecular formula is C21H29ClN4O3. The quantitative estimate of drug-likeness (QED) is 0.665. The second-order valence-corrected chi connectivity index (χ2v) is 7.24. The number of piperidine rings is 1. The molecule has 0 bridgehead atoms. The standard InChI is InChI=1S/C20H25ClN4O2.CH4O/c1-14-11-17(21)4-3-16(14)5-8-22-18-12-19(24-20(23-18)27-2)25-9-6-15(13-26)7-10-25;1-2/h3-4,11-13,15H,5-10H2,1-2H3,(H,22,23,24);2H,1H3. The summed E-state index contributed by atoms with van der Waals surface area (Å²) in [5.74, 6) is 1.72. The molecule has 0 amide bonds. The molecule has 0 saturated carbocycles. The third kappa shape index (κ3) is 6.58. The number of ether oxygens (including phenoxy) is 1. The topological polar surface area (TPSA) is 87.6 Å². The number of aliphatic hydroxyl groups excluding tert-OH is 1. The highest BCUT2D eigenvalue weighted by Gasteiger charge is 2.20. The lowest BCUT2D eigenvalue weighted by Gasteiger charge is -2.30. The van der Waals surface area contributed by atoms with E-state index in [4.69, 9.17) is 21.4 Å². The summed E-state index contributed by atoms with van der Waals surface area (Å²) in [5, 5.41) is 11.1. The van der Waals surface area contributed by atoms with Gasteiger partial charge in [0.25, 0.3) is 0 Å². The third-order valence-corrected chi connectivity index (χ3v) is 5.17. The highest BCUT2D eigenvalue weighted by Crippen LogP contribution is 2.24. The van der Waals surface area contributed by atoms with E-state index in [2.05, 4.69) is 33.2 Å². The van der Waals surface area contributed by atoms with E-state index in [0.717, 1.165) is 69.0 Å². The molecule has 1 fully saturated rings. The maximum Gasteiger partial charge on any atom is 0.320 e. The van der Waals surface area contributed by atoms with Crippen molar-refractivity contribution in [3.05, 3.63) is 40.4 Å². The van der Waals surface area contributed by atoms with Crippen LogP contribution in [0.2, 0.25) is 5.02 Å². The first-order valence-electron chi connectivity index (χ1n) is 9.66. The van der Waals surface area contributed by atoms with E-state index in [9.17, 15) is 4.79 Å². The SMILES string of the molecule is CO.COc1nc(NCCc2ccc(Cl)cc2C)cc(N2CCC(C=O)CC2)n1. The fraction of sp³-hybridized carbons (Fsp3) is 0.476. The van der Waals surface area contributed by atoms with Gasteiger partial charge < -0.3 is 24.9 Å². The smallest absolute Gasteiger partial charge is 0.320 e. The molecule has 8 heteroatoms. The Bertz CT molecular complexity index is 795. The number of halogens is 1. The minimum Gasteiger partial charge on any atom is -0.467 e. The van der Waals surface area contributed by atoms with E-state index in [0.29, 0.717) is 6.01 Å². The van der Waals surface area contributed by atoms with Crippen LogP contribution in [0.1, 0.15) is 24.0 Å². The highest BCUT2D eigenvalue weighted by atomic mass is 35.5. The molecule has 1 aromatic carbocycles. The van der Waals surface area contributed by atoms with Gasteiger partial charge in [-0.15, -0.1) is 0 Å². The summed E-state index contributed by atoms with van der Waals surface area (Å²) in [4.78, 5) is 22.0. The number of anilines is 2. The maximum atomic E-state index is 11.0. The second kappa shape index (κ2) is 11.6. The number of aryl methyl sites for hydroxylation is 1. The Labute approximate surface area is 177 Å². The number of methoxy groups -OCH3 is 1. The van der Waals surface area contributed by atoms with Crippen molar-refractivity contribution in [3.63, 3.8) is 0 Å². The van der Waals surface area contributed by atoms with Crippen molar-refractivity contribution in [3.8, 4) is 6.01 Å². The zero-order valence-electron chi connectivity index (χ0n) is 17.2. The van der Waals surface area contributed by atoms with Crippen LogP contribution in [-0.2, 0) is 11.2 Å². The molecule has 2 aromatic rings. The first-order chi connectivity index (χ1) is 14.1. The van der Waals surface area contributed by atoms with E-state index < -0.39 is 0 Å². The summed E-state index contributed by atoms with van der Waals surface area (Å²) < 4.78 is 5.27. The number of hydrogen-bond donors (Lipinski definition) is 2. The van der Waals surface area contributed by atoms with Crippen molar-refractivity contribution in [1.82, 2.24) is 9.97 Å². The molecule has 0 spiro atoms. The van der Waals surface area contributed by atoms with Crippen LogP contribution >= 0.6 is 11.6 Å².